The highest BCUT2D eigenvalue weighted by Gasteiger charge is 2.30. The number of anilines is 1. The molecule has 1 rings (SSSR count). The highest BCUT2D eigenvalue weighted by atomic mass is 19.4. The monoisotopic (exact) mass is 306 g/mol. The predicted octanol–water partition coefficient (Wildman–Crippen LogP) is 2.18. The molecule has 1 aromatic rings. The third kappa shape index (κ3) is 5.60. The molecular formula is C13H17F3N2O3. The van der Waals surface area contributed by atoms with E-state index in [0.717, 1.165) is 17.0 Å². The van der Waals surface area contributed by atoms with E-state index in [1.165, 1.54) is 26.3 Å². The molecule has 0 aliphatic heterocycles. The van der Waals surface area contributed by atoms with Crippen molar-refractivity contribution in [3.05, 3.63) is 29.8 Å². The van der Waals surface area contributed by atoms with Gasteiger partial charge >= 0.3 is 12.2 Å². The molecule has 21 heavy (non-hydrogen) atoms. The van der Waals surface area contributed by atoms with Gasteiger partial charge in [0.15, 0.2) is 0 Å². The molecule has 1 unspecified atom stereocenters. The van der Waals surface area contributed by atoms with Crippen LogP contribution in [0.25, 0.3) is 0 Å². The van der Waals surface area contributed by atoms with Gasteiger partial charge in [0.25, 0.3) is 0 Å². The van der Waals surface area contributed by atoms with Gasteiger partial charge in [0, 0.05) is 19.8 Å². The number of ether oxygens (including phenoxy) is 1. The zero-order chi connectivity index (χ0) is 16.0. The van der Waals surface area contributed by atoms with E-state index in [0.29, 0.717) is 0 Å². The van der Waals surface area contributed by atoms with Gasteiger partial charge in [-0.25, -0.2) is 4.79 Å². The summed E-state index contributed by atoms with van der Waals surface area (Å²) in [4.78, 5) is 13.0. The molecule has 0 radical (unpaired) electrons. The number of carbonyl (C=O) groups is 1. The van der Waals surface area contributed by atoms with Crippen LogP contribution in [0.1, 0.15) is 5.56 Å². The van der Waals surface area contributed by atoms with E-state index in [1.807, 2.05) is 0 Å². The SMILES string of the molecule is COCC(O)CN(C)C(=O)Nc1cccc(C(F)(F)F)c1. The first-order valence-corrected chi connectivity index (χ1v) is 6.10. The second-order valence-electron chi connectivity index (χ2n) is 4.50. The van der Waals surface area contributed by atoms with E-state index in [9.17, 15) is 23.1 Å². The zero-order valence-electron chi connectivity index (χ0n) is 11.6. The molecule has 0 aromatic heterocycles. The number of aliphatic hydroxyl groups excluding tert-OH is 1. The van der Waals surface area contributed by atoms with E-state index >= 15 is 0 Å². The summed E-state index contributed by atoms with van der Waals surface area (Å²) in [6.45, 7) is 0.0554. The van der Waals surface area contributed by atoms with Gasteiger partial charge < -0.3 is 20.1 Å². The van der Waals surface area contributed by atoms with Gasteiger partial charge in [-0.2, -0.15) is 13.2 Å². The Morgan fingerprint density at radius 2 is 2.14 bits per heavy atom. The molecule has 2 N–H and O–H groups in total. The Labute approximate surface area is 120 Å². The van der Waals surface area contributed by atoms with Crippen molar-refractivity contribution >= 4 is 11.7 Å². The number of likely N-dealkylation sites (N-methyl/N-ethyl adjacent to an activating group) is 1. The van der Waals surface area contributed by atoms with Crippen LogP contribution in [0.4, 0.5) is 23.7 Å². The molecule has 1 atom stereocenters. The predicted molar refractivity (Wildman–Crippen MR) is 71.0 cm³/mol. The number of rotatable bonds is 5. The first kappa shape index (κ1) is 17.3. The molecule has 1 aromatic carbocycles. The van der Waals surface area contributed by atoms with E-state index in [1.54, 1.807) is 0 Å². The molecule has 0 saturated carbocycles. The maximum Gasteiger partial charge on any atom is 0.416 e. The minimum absolute atomic E-state index is 0.00135. The number of amides is 2. The molecule has 2 amide bonds. The fourth-order valence-corrected chi connectivity index (χ4v) is 1.64. The molecule has 0 aliphatic carbocycles. The van der Waals surface area contributed by atoms with E-state index in [-0.39, 0.29) is 18.8 Å². The van der Waals surface area contributed by atoms with Crippen LogP contribution >= 0.6 is 0 Å². The van der Waals surface area contributed by atoms with Crippen LogP contribution in [-0.4, -0.2) is 49.5 Å². The lowest BCUT2D eigenvalue weighted by Gasteiger charge is -2.21. The highest BCUT2D eigenvalue weighted by molar-refractivity contribution is 5.89. The number of halogens is 3. The molecule has 0 bridgehead atoms. The van der Waals surface area contributed by atoms with E-state index < -0.39 is 23.9 Å². The van der Waals surface area contributed by atoms with Crippen molar-refractivity contribution in [2.24, 2.45) is 0 Å². The summed E-state index contributed by atoms with van der Waals surface area (Å²) in [5.74, 6) is 0. The van der Waals surface area contributed by atoms with Gasteiger partial charge in [0.2, 0.25) is 0 Å². The van der Waals surface area contributed by atoms with Crippen molar-refractivity contribution < 1.29 is 27.8 Å². The van der Waals surface area contributed by atoms with E-state index in [4.69, 9.17) is 4.74 Å². The lowest BCUT2D eigenvalue weighted by atomic mass is 10.2. The van der Waals surface area contributed by atoms with Crippen molar-refractivity contribution in [3.8, 4) is 0 Å². The standard InChI is InChI=1S/C13H17F3N2O3/c1-18(7-11(19)8-21-2)12(20)17-10-5-3-4-9(6-10)13(14,15)16/h3-6,11,19H,7-8H2,1-2H3,(H,17,20). The van der Waals surface area contributed by atoms with Crippen molar-refractivity contribution in [2.75, 3.05) is 32.6 Å². The Balaban J connectivity index is 2.66. The van der Waals surface area contributed by atoms with Crippen LogP contribution in [0.2, 0.25) is 0 Å². The fourth-order valence-electron chi connectivity index (χ4n) is 1.64. The van der Waals surface area contributed by atoms with Crippen molar-refractivity contribution in [1.82, 2.24) is 4.90 Å². The summed E-state index contributed by atoms with van der Waals surface area (Å²) in [7, 11) is 2.83. The highest BCUT2D eigenvalue weighted by Crippen LogP contribution is 2.30. The Bertz CT molecular complexity index is 480. The number of hydrogen-bond donors (Lipinski definition) is 2. The number of urea groups is 1. The second-order valence-corrected chi connectivity index (χ2v) is 4.50. The van der Waals surface area contributed by atoms with Crippen LogP contribution in [0.3, 0.4) is 0 Å². The Kier molecular flexibility index (Phi) is 5.98. The third-order valence-corrected chi connectivity index (χ3v) is 2.63. The maximum absolute atomic E-state index is 12.6. The summed E-state index contributed by atoms with van der Waals surface area (Å²) in [5.41, 5.74) is -0.815. The van der Waals surface area contributed by atoms with Gasteiger partial charge in [-0.15, -0.1) is 0 Å². The van der Waals surface area contributed by atoms with Crippen LogP contribution in [0.5, 0.6) is 0 Å². The average molecular weight is 306 g/mol. The van der Waals surface area contributed by atoms with Crippen molar-refractivity contribution in [2.45, 2.75) is 12.3 Å². The Morgan fingerprint density at radius 1 is 1.48 bits per heavy atom. The molecule has 0 fully saturated rings. The zero-order valence-corrected chi connectivity index (χ0v) is 11.6. The number of carbonyl (C=O) groups excluding carboxylic acids is 1. The summed E-state index contributed by atoms with van der Waals surface area (Å²) >= 11 is 0. The van der Waals surface area contributed by atoms with E-state index in [2.05, 4.69) is 5.32 Å². The largest absolute Gasteiger partial charge is 0.416 e. The minimum atomic E-state index is -4.47. The number of methoxy groups -OCH3 is 1. The van der Waals surface area contributed by atoms with Crippen molar-refractivity contribution in [3.63, 3.8) is 0 Å². The molecule has 8 heteroatoms. The van der Waals surface area contributed by atoms with Crippen LogP contribution in [0, 0.1) is 0 Å². The number of nitrogens with one attached hydrogen (secondary N) is 1. The smallest absolute Gasteiger partial charge is 0.389 e. The van der Waals surface area contributed by atoms with Crippen LogP contribution in [0.15, 0.2) is 24.3 Å². The number of benzene rings is 1. The number of hydrogen-bond acceptors (Lipinski definition) is 3. The molecule has 0 spiro atoms. The Hall–Kier alpha value is -1.80. The quantitative estimate of drug-likeness (QED) is 0.876. The average Bonchev–Trinajstić information content (AvgIpc) is 2.38. The fraction of sp³-hybridized carbons (Fsp3) is 0.462. The lowest BCUT2D eigenvalue weighted by molar-refractivity contribution is -0.137. The van der Waals surface area contributed by atoms with Gasteiger partial charge in [0.1, 0.15) is 0 Å². The normalized spacial score (nSPS) is 12.9. The summed E-state index contributed by atoms with van der Waals surface area (Å²) in [6, 6.07) is 3.70. The molecular weight excluding hydrogens is 289 g/mol. The van der Waals surface area contributed by atoms with Crippen LogP contribution in [-0.2, 0) is 10.9 Å². The summed E-state index contributed by atoms with van der Waals surface area (Å²) in [5, 5.41) is 11.8. The number of alkyl halides is 3. The minimum Gasteiger partial charge on any atom is -0.389 e. The molecule has 5 nitrogen and oxygen atoms in total. The molecule has 118 valence electrons. The summed E-state index contributed by atoms with van der Waals surface area (Å²) < 4.78 is 42.4. The first-order chi connectivity index (χ1) is 9.74. The van der Waals surface area contributed by atoms with Gasteiger partial charge in [-0.05, 0) is 18.2 Å². The first-order valence-electron chi connectivity index (χ1n) is 6.10. The Morgan fingerprint density at radius 3 is 2.71 bits per heavy atom. The third-order valence-electron chi connectivity index (χ3n) is 2.63. The van der Waals surface area contributed by atoms with Gasteiger partial charge in [-0.3, -0.25) is 0 Å². The lowest BCUT2D eigenvalue weighted by Crippen LogP contribution is -2.38. The molecule has 0 saturated heterocycles. The topological polar surface area (TPSA) is 61.8 Å². The second kappa shape index (κ2) is 7.28. The number of nitrogens with zero attached hydrogens (tertiary/aromatic N) is 1. The summed E-state index contributed by atoms with van der Waals surface area (Å²) in [6.07, 6.45) is -5.34. The van der Waals surface area contributed by atoms with Crippen molar-refractivity contribution in [1.29, 1.82) is 0 Å². The van der Waals surface area contributed by atoms with Crippen LogP contribution < -0.4 is 5.32 Å². The van der Waals surface area contributed by atoms with Gasteiger partial charge in [0.05, 0.1) is 24.8 Å². The molecule has 0 aliphatic rings. The molecule has 0 heterocycles. The van der Waals surface area contributed by atoms with Gasteiger partial charge in [-0.1, -0.05) is 6.07 Å². The number of aliphatic hydroxyl groups is 1. The maximum atomic E-state index is 12.6.